The molecule has 1 saturated heterocycles. The van der Waals surface area contributed by atoms with Gasteiger partial charge in [0, 0.05) is 52.1 Å². The Morgan fingerprint density at radius 2 is 1.55 bits per heavy atom. The summed E-state index contributed by atoms with van der Waals surface area (Å²) >= 11 is 0. The lowest BCUT2D eigenvalue weighted by molar-refractivity contribution is -0.138. The normalized spacial score (nSPS) is 15.0. The number of amides is 3. The average Bonchev–Trinajstić information content (AvgIpc) is 2.83. The van der Waals surface area contributed by atoms with Crippen molar-refractivity contribution in [2.24, 2.45) is 0 Å². The third kappa shape index (κ3) is 7.61. The Bertz CT molecular complexity index is 925. The van der Waals surface area contributed by atoms with Crippen LogP contribution in [0.15, 0.2) is 54.6 Å². The summed E-state index contributed by atoms with van der Waals surface area (Å²) < 4.78 is 0. The van der Waals surface area contributed by atoms with E-state index >= 15 is 0 Å². The van der Waals surface area contributed by atoms with Gasteiger partial charge < -0.3 is 20.6 Å². The molecule has 0 saturated carbocycles. The van der Waals surface area contributed by atoms with E-state index in [1.54, 1.807) is 6.92 Å². The summed E-state index contributed by atoms with van der Waals surface area (Å²) in [6, 6.07) is 17.1. The van der Waals surface area contributed by atoms with Crippen molar-refractivity contribution in [2.45, 2.75) is 38.9 Å². The summed E-state index contributed by atoms with van der Waals surface area (Å²) in [5.41, 5.74) is 3.00. The van der Waals surface area contributed by atoms with Crippen LogP contribution in [-0.2, 0) is 29.1 Å². The Labute approximate surface area is 194 Å². The maximum atomic E-state index is 13.3. The van der Waals surface area contributed by atoms with Crippen LogP contribution in [0.2, 0.25) is 0 Å². The number of nitrogens with zero attached hydrogens (tertiary/aromatic N) is 2. The number of benzene rings is 2. The van der Waals surface area contributed by atoms with Crippen molar-refractivity contribution in [3.05, 3.63) is 71.3 Å². The Morgan fingerprint density at radius 1 is 0.909 bits per heavy atom. The summed E-state index contributed by atoms with van der Waals surface area (Å²) in [6.45, 7) is 5.69. The molecule has 1 unspecified atom stereocenters. The van der Waals surface area contributed by atoms with Gasteiger partial charge in [-0.3, -0.25) is 14.5 Å². The van der Waals surface area contributed by atoms with E-state index < -0.39 is 12.1 Å². The third-order valence-corrected chi connectivity index (χ3v) is 5.79. The molecular weight excluding hydrogens is 420 g/mol. The molecule has 1 aliphatic rings. The van der Waals surface area contributed by atoms with Gasteiger partial charge in [-0.2, -0.15) is 0 Å². The predicted molar refractivity (Wildman–Crippen MR) is 126 cm³/mol. The first-order valence-electron chi connectivity index (χ1n) is 11.3. The fourth-order valence-electron chi connectivity index (χ4n) is 3.89. The molecule has 3 N–H and O–H groups in total. The lowest BCUT2D eigenvalue weighted by atomic mass is 10.0. The van der Waals surface area contributed by atoms with Gasteiger partial charge in [-0.15, -0.1) is 0 Å². The number of carbonyl (C=O) groups is 3. The van der Waals surface area contributed by atoms with Crippen molar-refractivity contribution in [3.63, 3.8) is 0 Å². The molecule has 2 aromatic carbocycles. The number of carbonyl (C=O) groups excluding carboxylic acids is 2. The van der Waals surface area contributed by atoms with Crippen LogP contribution in [0.1, 0.15) is 30.0 Å². The van der Waals surface area contributed by atoms with Crippen LogP contribution >= 0.6 is 0 Å². The molecule has 0 radical (unpaired) electrons. The number of carboxylic acid groups (broad SMARTS) is 1. The van der Waals surface area contributed by atoms with Crippen LogP contribution < -0.4 is 10.6 Å². The zero-order valence-electron chi connectivity index (χ0n) is 19.0. The van der Waals surface area contributed by atoms with Crippen molar-refractivity contribution in [3.8, 4) is 0 Å². The molecule has 0 aliphatic carbocycles. The van der Waals surface area contributed by atoms with Gasteiger partial charge in [0.25, 0.3) is 0 Å². The highest BCUT2D eigenvalue weighted by atomic mass is 16.4. The fraction of sp³-hybridized carbons (Fsp3) is 0.400. The van der Waals surface area contributed by atoms with Gasteiger partial charge in [0.15, 0.2) is 0 Å². The number of rotatable bonds is 9. The molecule has 1 aliphatic heterocycles. The van der Waals surface area contributed by atoms with Crippen LogP contribution in [0.3, 0.4) is 0 Å². The minimum atomic E-state index is -1.07. The van der Waals surface area contributed by atoms with E-state index in [-0.39, 0.29) is 18.4 Å². The molecule has 0 aromatic heterocycles. The first kappa shape index (κ1) is 24.3. The van der Waals surface area contributed by atoms with E-state index in [1.165, 1.54) is 5.56 Å². The molecule has 3 rings (SSSR count). The molecule has 0 bridgehead atoms. The standard InChI is InChI=1S/C25H32N4O4/c1-2-23(30)27-22(16-19-8-10-20(11-9-19)17-26-25(32)33)24(31)29-14-12-28(13-15-29)18-21-6-4-3-5-7-21/h3-11,22,26H,2,12-18H2,1H3,(H,27,30)(H,32,33). The monoisotopic (exact) mass is 452 g/mol. The molecule has 2 aromatic rings. The van der Waals surface area contributed by atoms with Gasteiger partial charge in [0.2, 0.25) is 11.8 Å². The second kappa shape index (κ2) is 12.0. The van der Waals surface area contributed by atoms with Gasteiger partial charge in [-0.1, -0.05) is 61.5 Å². The maximum absolute atomic E-state index is 13.3. The van der Waals surface area contributed by atoms with E-state index in [4.69, 9.17) is 5.11 Å². The molecule has 8 nitrogen and oxygen atoms in total. The van der Waals surface area contributed by atoms with E-state index in [0.717, 1.165) is 30.8 Å². The van der Waals surface area contributed by atoms with E-state index in [0.29, 0.717) is 25.9 Å². The minimum absolute atomic E-state index is 0.0622. The quantitative estimate of drug-likeness (QED) is 0.542. The molecule has 8 heteroatoms. The van der Waals surface area contributed by atoms with Crippen molar-refractivity contribution >= 4 is 17.9 Å². The molecule has 176 valence electrons. The molecular formula is C25H32N4O4. The van der Waals surface area contributed by atoms with Crippen LogP contribution in [-0.4, -0.2) is 65.0 Å². The first-order chi connectivity index (χ1) is 15.9. The molecule has 1 heterocycles. The Kier molecular flexibility index (Phi) is 8.83. The predicted octanol–water partition coefficient (Wildman–Crippen LogP) is 2.24. The average molecular weight is 453 g/mol. The van der Waals surface area contributed by atoms with Crippen LogP contribution in [0.5, 0.6) is 0 Å². The highest BCUT2D eigenvalue weighted by molar-refractivity contribution is 5.88. The van der Waals surface area contributed by atoms with Crippen LogP contribution in [0, 0.1) is 0 Å². The van der Waals surface area contributed by atoms with Crippen molar-refractivity contribution in [1.82, 2.24) is 20.4 Å². The summed E-state index contributed by atoms with van der Waals surface area (Å²) in [5.74, 6) is -0.217. The van der Waals surface area contributed by atoms with Crippen LogP contribution in [0.25, 0.3) is 0 Å². The number of hydrogen-bond acceptors (Lipinski definition) is 4. The Balaban J connectivity index is 1.59. The molecule has 1 atom stereocenters. The lowest BCUT2D eigenvalue weighted by Crippen LogP contribution is -2.55. The Hall–Kier alpha value is -3.39. The molecule has 33 heavy (non-hydrogen) atoms. The number of piperazine rings is 1. The zero-order chi connectivity index (χ0) is 23.6. The highest BCUT2D eigenvalue weighted by Gasteiger charge is 2.28. The largest absolute Gasteiger partial charge is 0.465 e. The number of hydrogen-bond donors (Lipinski definition) is 3. The second-order valence-corrected chi connectivity index (χ2v) is 8.24. The lowest BCUT2D eigenvalue weighted by Gasteiger charge is -2.36. The maximum Gasteiger partial charge on any atom is 0.404 e. The van der Waals surface area contributed by atoms with E-state index in [1.807, 2.05) is 47.4 Å². The molecule has 3 amide bonds. The van der Waals surface area contributed by atoms with E-state index in [2.05, 4.69) is 27.7 Å². The fourth-order valence-corrected chi connectivity index (χ4v) is 3.89. The third-order valence-electron chi connectivity index (χ3n) is 5.79. The summed E-state index contributed by atoms with van der Waals surface area (Å²) in [7, 11) is 0. The topological polar surface area (TPSA) is 102 Å². The van der Waals surface area contributed by atoms with Gasteiger partial charge in [-0.05, 0) is 16.7 Å². The second-order valence-electron chi connectivity index (χ2n) is 8.24. The Morgan fingerprint density at radius 3 is 2.15 bits per heavy atom. The van der Waals surface area contributed by atoms with Gasteiger partial charge in [0.1, 0.15) is 6.04 Å². The summed E-state index contributed by atoms with van der Waals surface area (Å²) in [5, 5.41) is 13.9. The highest BCUT2D eigenvalue weighted by Crippen LogP contribution is 2.13. The van der Waals surface area contributed by atoms with Gasteiger partial charge in [-0.25, -0.2) is 4.79 Å². The zero-order valence-corrected chi connectivity index (χ0v) is 19.0. The molecule has 1 fully saturated rings. The van der Waals surface area contributed by atoms with Gasteiger partial charge >= 0.3 is 6.09 Å². The van der Waals surface area contributed by atoms with Crippen molar-refractivity contribution in [1.29, 1.82) is 0 Å². The first-order valence-corrected chi connectivity index (χ1v) is 11.3. The SMILES string of the molecule is CCC(=O)NC(Cc1ccc(CNC(=O)O)cc1)C(=O)N1CCN(Cc2ccccc2)CC1. The van der Waals surface area contributed by atoms with Crippen molar-refractivity contribution < 1.29 is 19.5 Å². The van der Waals surface area contributed by atoms with E-state index in [9.17, 15) is 14.4 Å². The number of nitrogens with one attached hydrogen (secondary N) is 2. The summed E-state index contributed by atoms with van der Waals surface area (Å²) in [4.78, 5) is 40.2. The summed E-state index contributed by atoms with van der Waals surface area (Å²) in [6.07, 6.45) is -0.369. The van der Waals surface area contributed by atoms with Gasteiger partial charge in [0.05, 0.1) is 0 Å². The minimum Gasteiger partial charge on any atom is -0.465 e. The smallest absolute Gasteiger partial charge is 0.404 e. The van der Waals surface area contributed by atoms with Crippen LogP contribution in [0.4, 0.5) is 4.79 Å². The molecule has 0 spiro atoms. The van der Waals surface area contributed by atoms with Crippen molar-refractivity contribution in [2.75, 3.05) is 26.2 Å².